The molecule has 1 heterocycles. The Balaban J connectivity index is 1.24. The van der Waals surface area contributed by atoms with Crippen molar-refractivity contribution in [3.63, 3.8) is 0 Å². The van der Waals surface area contributed by atoms with Crippen LogP contribution in [0.3, 0.4) is 0 Å². The molecule has 0 N–H and O–H groups in total. The van der Waals surface area contributed by atoms with E-state index in [4.69, 9.17) is 4.74 Å². The summed E-state index contributed by atoms with van der Waals surface area (Å²) in [6.45, 7) is 4.42. The molecule has 0 aromatic heterocycles. The van der Waals surface area contributed by atoms with E-state index in [-0.39, 0.29) is 29.9 Å². The highest BCUT2D eigenvalue weighted by molar-refractivity contribution is 5.86. The Morgan fingerprint density at radius 1 is 1.10 bits per heavy atom. The average Bonchev–Trinajstić information content (AvgIpc) is 3.39. The molecule has 0 aromatic rings. The molecule has 1 aliphatic heterocycles. The van der Waals surface area contributed by atoms with E-state index in [0.29, 0.717) is 36.6 Å². The van der Waals surface area contributed by atoms with Gasteiger partial charge in [-0.25, -0.2) is 13.2 Å². The Bertz CT molecular complexity index is 994. The van der Waals surface area contributed by atoms with Crippen molar-refractivity contribution in [1.82, 2.24) is 0 Å². The minimum absolute atomic E-state index is 0.0867. The largest absolute Gasteiger partial charge is 0.378 e. The number of carbonyl (C=O) groups is 1. The Morgan fingerprint density at radius 3 is 2.74 bits per heavy atom. The minimum atomic E-state index is -2.81. The lowest BCUT2D eigenvalue weighted by Gasteiger charge is -2.30. The van der Waals surface area contributed by atoms with Gasteiger partial charge in [-0.3, -0.25) is 4.79 Å². The van der Waals surface area contributed by atoms with Crippen molar-refractivity contribution >= 4 is 5.78 Å². The van der Waals surface area contributed by atoms with Crippen molar-refractivity contribution in [1.29, 1.82) is 0 Å². The third-order valence-corrected chi connectivity index (χ3v) is 11.1. The van der Waals surface area contributed by atoms with Gasteiger partial charge in [0.05, 0.1) is 6.61 Å². The van der Waals surface area contributed by atoms with Crippen molar-refractivity contribution in [2.45, 2.75) is 129 Å². The molecule has 4 aliphatic carbocycles. The third kappa shape index (κ3) is 6.44. The van der Waals surface area contributed by atoms with E-state index in [1.807, 2.05) is 13.0 Å². The van der Waals surface area contributed by atoms with Gasteiger partial charge in [-0.2, -0.15) is 0 Å². The molecule has 1 saturated heterocycles. The number of alkyl halides is 3. The molecule has 0 aromatic carbocycles. The monoisotopic (exact) mass is 546 g/mol. The molecule has 39 heavy (non-hydrogen) atoms. The summed E-state index contributed by atoms with van der Waals surface area (Å²) >= 11 is 0. The predicted molar refractivity (Wildman–Crippen MR) is 150 cm³/mol. The van der Waals surface area contributed by atoms with Crippen molar-refractivity contribution in [2.75, 3.05) is 13.2 Å². The fourth-order valence-electron chi connectivity index (χ4n) is 8.79. The van der Waals surface area contributed by atoms with Crippen LogP contribution in [0.15, 0.2) is 34.4 Å². The number of ether oxygens (including phenoxy) is 1. The van der Waals surface area contributed by atoms with Gasteiger partial charge < -0.3 is 4.74 Å². The van der Waals surface area contributed by atoms with E-state index < -0.39 is 12.1 Å². The fourth-order valence-corrected chi connectivity index (χ4v) is 8.79. The molecule has 0 bridgehead atoms. The average molecular weight is 547 g/mol. The lowest BCUT2D eigenvalue weighted by molar-refractivity contribution is -0.130. The van der Waals surface area contributed by atoms with Gasteiger partial charge in [-0.05, 0) is 126 Å². The summed E-state index contributed by atoms with van der Waals surface area (Å²) in [5.74, 6) is -0.970. The van der Waals surface area contributed by atoms with Gasteiger partial charge in [0.25, 0.3) is 5.92 Å². The van der Waals surface area contributed by atoms with Crippen LogP contribution in [0.2, 0.25) is 0 Å². The normalized spacial score (nSPS) is 35.9. The molecule has 2 nitrogen and oxygen atoms in total. The van der Waals surface area contributed by atoms with E-state index in [2.05, 4.69) is 0 Å². The van der Waals surface area contributed by atoms with Crippen molar-refractivity contribution < 1.29 is 22.7 Å². The predicted octanol–water partition coefficient (Wildman–Crippen LogP) is 9.50. The highest BCUT2D eigenvalue weighted by Gasteiger charge is 2.54. The molecular formula is C34H49F3O2. The first kappa shape index (κ1) is 29.1. The Kier molecular flexibility index (Phi) is 9.15. The summed E-state index contributed by atoms with van der Waals surface area (Å²) in [4.78, 5) is 13.9. The number of hydrogen-bond acceptors (Lipinski definition) is 2. The molecule has 3 fully saturated rings. The van der Waals surface area contributed by atoms with Gasteiger partial charge in [0.2, 0.25) is 0 Å². The second-order valence-electron chi connectivity index (χ2n) is 13.6. The molecule has 5 rings (SSSR count). The van der Waals surface area contributed by atoms with Crippen LogP contribution >= 0.6 is 0 Å². The molecular weight excluding hydrogens is 497 g/mol. The second-order valence-corrected chi connectivity index (χ2v) is 13.6. The van der Waals surface area contributed by atoms with Crippen molar-refractivity contribution in [3.05, 3.63) is 34.4 Å². The van der Waals surface area contributed by atoms with Crippen LogP contribution in [0.5, 0.6) is 0 Å². The molecule has 0 radical (unpaired) electrons. The van der Waals surface area contributed by atoms with Crippen LogP contribution < -0.4 is 0 Å². The molecule has 2 saturated carbocycles. The maximum Gasteiger partial charge on any atom is 0.273 e. The maximum absolute atomic E-state index is 14.8. The van der Waals surface area contributed by atoms with Crippen LogP contribution in [-0.4, -0.2) is 31.1 Å². The van der Waals surface area contributed by atoms with E-state index in [9.17, 15) is 18.0 Å². The molecule has 5 aliphatic rings. The SMILES string of the molecule is CCC(F)(F)C1=CC2=C(CCCC(CCC(=O)C34CCCC3CC(CC3CCOCC3F)C4)C2)CCC(C)=C1. The second kappa shape index (κ2) is 12.2. The van der Waals surface area contributed by atoms with E-state index in [1.165, 1.54) is 5.57 Å². The third-order valence-electron chi connectivity index (χ3n) is 11.1. The zero-order valence-corrected chi connectivity index (χ0v) is 24.2. The van der Waals surface area contributed by atoms with Gasteiger partial charge in [-0.15, -0.1) is 0 Å². The van der Waals surface area contributed by atoms with Crippen LogP contribution in [0.1, 0.15) is 117 Å². The number of Topliss-reactive ketones (excluding diaryl/α,β-unsaturated/α-hetero) is 1. The van der Waals surface area contributed by atoms with Gasteiger partial charge >= 0.3 is 0 Å². The highest BCUT2D eigenvalue weighted by atomic mass is 19.3. The number of fused-ring (bicyclic) bond motifs is 1. The van der Waals surface area contributed by atoms with Gasteiger partial charge in [0, 0.05) is 30.4 Å². The first-order valence-electron chi connectivity index (χ1n) is 15.9. The van der Waals surface area contributed by atoms with Crippen LogP contribution in [-0.2, 0) is 9.53 Å². The summed E-state index contributed by atoms with van der Waals surface area (Å²) in [6, 6.07) is 0. The number of rotatable bonds is 8. The van der Waals surface area contributed by atoms with Gasteiger partial charge in [0.15, 0.2) is 0 Å². The molecule has 6 atom stereocenters. The molecule has 0 spiro atoms. The summed E-state index contributed by atoms with van der Waals surface area (Å²) < 4.78 is 49.4. The van der Waals surface area contributed by atoms with Crippen LogP contribution in [0.4, 0.5) is 13.2 Å². The topological polar surface area (TPSA) is 26.3 Å². The minimum Gasteiger partial charge on any atom is -0.378 e. The highest BCUT2D eigenvalue weighted by Crippen LogP contribution is 2.59. The first-order chi connectivity index (χ1) is 18.7. The zero-order valence-electron chi connectivity index (χ0n) is 24.2. The smallest absolute Gasteiger partial charge is 0.273 e. The quantitative estimate of drug-likeness (QED) is 0.303. The lowest BCUT2D eigenvalue weighted by Crippen LogP contribution is -2.32. The molecule has 0 amide bonds. The van der Waals surface area contributed by atoms with Crippen LogP contribution in [0, 0.1) is 29.1 Å². The first-order valence-corrected chi connectivity index (χ1v) is 15.9. The number of hydrogen-bond donors (Lipinski definition) is 0. The van der Waals surface area contributed by atoms with Crippen LogP contribution in [0.25, 0.3) is 0 Å². The Morgan fingerprint density at radius 2 is 1.95 bits per heavy atom. The summed E-state index contributed by atoms with van der Waals surface area (Å²) in [5.41, 5.74) is 3.48. The number of carbonyl (C=O) groups excluding carboxylic acids is 1. The van der Waals surface area contributed by atoms with E-state index >= 15 is 0 Å². The van der Waals surface area contributed by atoms with Crippen molar-refractivity contribution in [2.24, 2.45) is 29.1 Å². The Labute approximate surface area is 233 Å². The number of halogens is 3. The number of ketones is 1. The maximum atomic E-state index is 14.8. The van der Waals surface area contributed by atoms with E-state index in [0.717, 1.165) is 101 Å². The van der Waals surface area contributed by atoms with E-state index in [1.54, 1.807) is 13.0 Å². The fraction of sp³-hybridized carbons (Fsp3) is 0.794. The summed E-state index contributed by atoms with van der Waals surface area (Å²) in [6.07, 6.45) is 16.8. The molecule has 5 heteroatoms. The summed E-state index contributed by atoms with van der Waals surface area (Å²) in [7, 11) is 0. The number of allylic oxidation sites excluding steroid dienone is 6. The zero-order chi connectivity index (χ0) is 27.6. The van der Waals surface area contributed by atoms with Gasteiger partial charge in [-0.1, -0.05) is 30.6 Å². The standard InChI is InChI=1S/C34H49F3O2/c1-3-34(36,37)30-16-23(2)9-11-26-7-4-6-24(17-28(26)20-30)10-12-32(38)33-14-5-8-29(33)19-25(21-33)18-27-13-15-39-22-31(27)35/h16,20,24-25,27,29,31H,3-15,17-19,21-22H2,1-2H3. The lowest BCUT2D eigenvalue weighted by atomic mass is 9.73. The Hall–Kier alpha value is -1.36. The molecule has 218 valence electrons. The summed E-state index contributed by atoms with van der Waals surface area (Å²) in [5, 5.41) is 0. The molecule has 6 unspecified atom stereocenters. The van der Waals surface area contributed by atoms with Crippen molar-refractivity contribution in [3.8, 4) is 0 Å². The van der Waals surface area contributed by atoms with Gasteiger partial charge in [0.1, 0.15) is 12.0 Å².